The van der Waals surface area contributed by atoms with E-state index >= 15 is 0 Å². The van der Waals surface area contributed by atoms with Gasteiger partial charge in [-0.05, 0) is 17.5 Å². The molecule has 0 saturated carbocycles. The molecule has 0 heterocycles. The molecule has 5 heteroatoms. The van der Waals surface area contributed by atoms with Crippen LogP contribution >= 0.6 is 0 Å². The Kier molecular flexibility index (Phi) is 7.16. The molecule has 2 atom stereocenters. The first-order chi connectivity index (χ1) is 12.1. The molecule has 0 aliphatic heterocycles. The first-order valence-electron chi connectivity index (χ1n) is 8.34. The molecule has 132 valence electrons. The molecule has 5 nitrogen and oxygen atoms in total. The van der Waals surface area contributed by atoms with E-state index in [1.54, 1.807) is 0 Å². The predicted molar refractivity (Wildman–Crippen MR) is 96.9 cm³/mol. The summed E-state index contributed by atoms with van der Waals surface area (Å²) in [5, 5.41) is 15.1. The number of hydrogen-bond acceptors (Lipinski definition) is 3. The van der Waals surface area contributed by atoms with E-state index in [9.17, 15) is 14.7 Å². The van der Waals surface area contributed by atoms with E-state index in [4.69, 9.17) is 0 Å². The van der Waals surface area contributed by atoms with E-state index in [0.29, 0.717) is 12.8 Å². The predicted octanol–water partition coefficient (Wildman–Crippen LogP) is 1.45. The van der Waals surface area contributed by atoms with Gasteiger partial charge in [0.1, 0.15) is 6.04 Å². The molecule has 3 N–H and O–H groups in total. The van der Waals surface area contributed by atoms with Crippen molar-refractivity contribution in [2.75, 3.05) is 6.61 Å². The summed E-state index contributed by atoms with van der Waals surface area (Å²) in [5.74, 6) is -0.561. The molecule has 0 aliphatic rings. The molecule has 25 heavy (non-hydrogen) atoms. The minimum absolute atomic E-state index is 0.168. The average molecular weight is 340 g/mol. The van der Waals surface area contributed by atoms with Crippen molar-refractivity contribution in [2.45, 2.75) is 31.8 Å². The molecular weight excluding hydrogens is 316 g/mol. The molecule has 0 aromatic heterocycles. The van der Waals surface area contributed by atoms with Gasteiger partial charge in [0.25, 0.3) is 0 Å². The summed E-state index contributed by atoms with van der Waals surface area (Å²) in [6.45, 7) is 1.22. The van der Waals surface area contributed by atoms with E-state index in [1.807, 2.05) is 60.7 Å². The van der Waals surface area contributed by atoms with Gasteiger partial charge in [-0.15, -0.1) is 0 Å². The summed E-state index contributed by atoms with van der Waals surface area (Å²) in [5.41, 5.74) is 1.99. The Labute approximate surface area is 148 Å². The van der Waals surface area contributed by atoms with E-state index < -0.39 is 12.1 Å². The fourth-order valence-electron chi connectivity index (χ4n) is 2.67. The van der Waals surface area contributed by atoms with Gasteiger partial charge in [-0.2, -0.15) is 0 Å². The van der Waals surface area contributed by atoms with Crippen LogP contribution in [0.25, 0.3) is 0 Å². The highest BCUT2D eigenvalue weighted by atomic mass is 16.3. The lowest BCUT2D eigenvalue weighted by Crippen LogP contribution is -2.51. The van der Waals surface area contributed by atoms with Crippen molar-refractivity contribution in [1.82, 2.24) is 10.6 Å². The Morgan fingerprint density at radius 3 is 1.88 bits per heavy atom. The third-order valence-corrected chi connectivity index (χ3v) is 3.87. The van der Waals surface area contributed by atoms with Gasteiger partial charge >= 0.3 is 0 Å². The van der Waals surface area contributed by atoms with Crippen LogP contribution in [-0.2, 0) is 22.4 Å². The standard InChI is InChI=1S/C20H24N2O3/c1-15(24)21-19(13-17-10-6-3-7-11-17)20(25)22-18(14-23)12-16-8-4-2-5-9-16/h2-11,18-19,23H,12-14H2,1H3,(H,21,24)(H,22,25)/t18-,19-/m0/s1. The van der Waals surface area contributed by atoms with Crippen molar-refractivity contribution in [3.63, 3.8) is 0 Å². The van der Waals surface area contributed by atoms with Gasteiger partial charge in [-0.3, -0.25) is 9.59 Å². The van der Waals surface area contributed by atoms with Crippen LogP contribution < -0.4 is 10.6 Å². The first kappa shape index (κ1) is 18.7. The summed E-state index contributed by atoms with van der Waals surface area (Å²) in [4.78, 5) is 24.1. The highest BCUT2D eigenvalue weighted by molar-refractivity contribution is 5.87. The van der Waals surface area contributed by atoms with Crippen LogP contribution in [0.1, 0.15) is 18.1 Å². The molecule has 2 aromatic carbocycles. The van der Waals surface area contributed by atoms with Gasteiger partial charge in [-0.25, -0.2) is 0 Å². The van der Waals surface area contributed by atoms with E-state index in [2.05, 4.69) is 10.6 Å². The van der Waals surface area contributed by atoms with E-state index in [1.165, 1.54) is 6.92 Å². The van der Waals surface area contributed by atoms with Crippen molar-refractivity contribution in [1.29, 1.82) is 0 Å². The van der Waals surface area contributed by atoms with Gasteiger partial charge < -0.3 is 15.7 Å². The largest absolute Gasteiger partial charge is 0.394 e. The molecule has 2 rings (SSSR count). The Balaban J connectivity index is 2.02. The lowest BCUT2D eigenvalue weighted by atomic mass is 10.0. The second kappa shape index (κ2) is 9.59. The first-order valence-corrected chi connectivity index (χ1v) is 8.34. The maximum atomic E-state index is 12.6. The SMILES string of the molecule is CC(=O)N[C@@H](Cc1ccccc1)C(=O)N[C@H](CO)Cc1ccccc1. The summed E-state index contributed by atoms with van der Waals surface area (Å²) < 4.78 is 0. The number of carbonyl (C=O) groups excluding carboxylic acids is 2. The number of benzene rings is 2. The summed E-state index contributed by atoms with van der Waals surface area (Å²) >= 11 is 0. The summed E-state index contributed by atoms with van der Waals surface area (Å²) in [6.07, 6.45) is 0.928. The third kappa shape index (κ3) is 6.39. The van der Waals surface area contributed by atoms with Crippen LogP contribution in [0.5, 0.6) is 0 Å². The maximum Gasteiger partial charge on any atom is 0.243 e. The lowest BCUT2D eigenvalue weighted by molar-refractivity contribution is -0.128. The number of amides is 2. The number of nitrogens with one attached hydrogen (secondary N) is 2. The molecule has 0 bridgehead atoms. The Bertz CT molecular complexity index is 674. The average Bonchev–Trinajstić information content (AvgIpc) is 2.62. The van der Waals surface area contributed by atoms with Crippen LogP contribution in [0.2, 0.25) is 0 Å². The second-order valence-corrected chi connectivity index (χ2v) is 6.02. The fraction of sp³-hybridized carbons (Fsp3) is 0.300. The van der Waals surface area contributed by atoms with Gasteiger partial charge in [0, 0.05) is 13.3 Å². The molecular formula is C20H24N2O3. The van der Waals surface area contributed by atoms with Gasteiger partial charge in [0.05, 0.1) is 12.6 Å². The smallest absolute Gasteiger partial charge is 0.243 e. The zero-order chi connectivity index (χ0) is 18.1. The highest BCUT2D eigenvalue weighted by Crippen LogP contribution is 2.06. The van der Waals surface area contributed by atoms with Crippen LogP contribution in [-0.4, -0.2) is 35.6 Å². The highest BCUT2D eigenvalue weighted by Gasteiger charge is 2.22. The third-order valence-electron chi connectivity index (χ3n) is 3.87. The number of carbonyl (C=O) groups is 2. The number of aliphatic hydroxyl groups excluding tert-OH is 1. The minimum Gasteiger partial charge on any atom is -0.394 e. The van der Waals surface area contributed by atoms with Crippen molar-refractivity contribution in [3.05, 3.63) is 71.8 Å². The second-order valence-electron chi connectivity index (χ2n) is 6.02. The van der Waals surface area contributed by atoms with Crippen LogP contribution in [0.4, 0.5) is 0 Å². The monoisotopic (exact) mass is 340 g/mol. The molecule has 0 fully saturated rings. The van der Waals surface area contributed by atoms with Crippen LogP contribution in [0, 0.1) is 0 Å². The summed E-state index contributed by atoms with van der Waals surface area (Å²) in [7, 11) is 0. The van der Waals surface area contributed by atoms with Crippen LogP contribution in [0.3, 0.4) is 0 Å². The number of hydrogen-bond donors (Lipinski definition) is 3. The molecule has 0 unspecified atom stereocenters. The van der Waals surface area contributed by atoms with Crippen molar-refractivity contribution in [3.8, 4) is 0 Å². The van der Waals surface area contributed by atoms with Crippen LogP contribution in [0.15, 0.2) is 60.7 Å². The fourth-order valence-corrected chi connectivity index (χ4v) is 2.67. The Morgan fingerprint density at radius 1 is 0.880 bits per heavy atom. The van der Waals surface area contributed by atoms with Gasteiger partial charge in [0.2, 0.25) is 11.8 Å². The molecule has 0 aliphatic carbocycles. The number of aliphatic hydroxyl groups is 1. The van der Waals surface area contributed by atoms with Crippen molar-refractivity contribution < 1.29 is 14.7 Å². The van der Waals surface area contributed by atoms with Gasteiger partial charge in [-0.1, -0.05) is 60.7 Å². The van der Waals surface area contributed by atoms with Crippen molar-refractivity contribution in [2.24, 2.45) is 0 Å². The lowest BCUT2D eigenvalue weighted by Gasteiger charge is -2.22. The summed E-state index contributed by atoms with van der Waals surface area (Å²) in [6, 6.07) is 18.1. The van der Waals surface area contributed by atoms with E-state index in [0.717, 1.165) is 11.1 Å². The number of rotatable bonds is 8. The zero-order valence-electron chi connectivity index (χ0n) is 14.3. The Hall–Kier alpha value is -2.66. The Morgan fingerprint density at radius 2 is 1.40 bits per heavy atom. The molecule has 2 amide bonds. The quantitative estimate of drug-likeness (QED) is 0.681. The topological polar surface area (TPSA) is 78.4 Å². The van der Waals surface area contributed by atoms with E-state index in [-0.39, 0.29) is 18.4 Å². The normalized spacial score (nSPS) is 12.9. The van der Waals surface area contributed by atoms with Gasteiger partial charge in [0.15, 0.2) is 0 Å². The molecule has 0 spiro atoms. The molecule has 2 aromatic rings. The maximum absolute atomic E-state index is 12.6. The zero-order valence-corrected chi connectivity index (χ0v) is 14.3. The minimum atomic E-state index is -0.676. The molecule has 0 radical (unpaired) electrons. The van der Waals surface area contributed by atoms with Crippen molar-refractivity contribution >= 4 is 11.8 Å². The molecule has 0 saturated heterocycles.